The molecule has 0 saturated carbocycles. The molecule has 0 aliphatic carbocycles. The molecule has 0 spiro atoms. The van der Waals surface area contributed by atoms with Gasteiger partial charge in [-0.05, 0) is 30.2 Å². The zero-order valence-corrected chi connectivity index (χ0v) is 17.5. The van der Waals surface area contributed by atoms with Crippen molar-refractivity contribution >= 4 is 17.3 Å². The molecule has 2 aromatic carbocycles. The van der Waals surface area contributed by atoms with Crippen molar-refractivity contribution in [2.45, 2.75) is 12.5 Å². The highest BCUT2D eigenvalue weighted by molar-refractivity contribution is 5.82. The Labute approximate surface area is 178 Å². The summed E-state index contributed by atoms with van der Waals surface area (Å²) in [6.45, 7) is 5.28. The van der Waals surface area contributed by atoms with E-state index in [2.05, 4.69) is 46.2 Å². The number of carbonyl (C=O) groups excluding carboxylic acids is 1. The van der Waals surface area contributed by atoms with E-state index in [0.29, 0.717) is 26.3 Å². The van der Waals surface area contributed by atoms with E-state index < -0.39 is 0 Å². The molecule has 2 aromatic rings. The van der Waals surface area contributed by atoms with Crippen LogP contribution in [0.25, 0.3) is 0 Å². The summed E-state index contributed by atoms with van der Waals surface area (Å²) in [5.41, 5.74) is 3.68. The minimum Gasteiger partial charge on any atom is -0.495 e. The minimum absolute atomic E-state index is 0.0458. The summed E-state index contributed by atoms with van der Waals surface area (Å²) in [4.78, 5) is 20.4. The number of hydrogen-bond donors (Lipinski definition) is 0. The van der Waals surface area contributed by atoms with Crippen molar-refractivity contribution in [1.29, 1.82) is 0 Å². The zero-order valence-electron chi connectivity index (χ0n) is 17.5. The van der Waals surface area contributed by atoms with Gasteiger partial charge in [-0.3, -0.25) is 4.79 Å². The summed E-state index contributed by atoms with van der Waals surface area (Å²) in [6.07, 6.45) is 0.799. The third-order valence-corrected chi connectivity index (χ3v) is 6.69. The number of fused-ring (bicyclic) bond motifs is 3. The molecule has 3 aliphatic rings. The minimum atomic E-state index is -0.0458. The first-order valence-corrected chi connectivity index (χ1v) is 10.9. The highest BCUT2D eigenvalue weighted by atomic mass is 16.5. The molecule has 0 N–H and O–H groups in total. The van der Waals surface area contributed by atoms with E-state index >= 15 is 0 Å². The summed E-state index contributed by atoms with van der Waals surface area (Å²) in [5, 5.41) is 0. The Morgan fingerprint density at radius 1 is 0.967 bits per heavy atom. The van der Waals surface area contributed by atoms with E-state index in [1.165, 1.54) is 11.3 Å². The Morgan fingerprint density at radius 2 is 1.70 bits per heavy atom. The van der Waals surface area contributed by atoms with Gasteiger partial charge in [-0.2, -0.15) is 0 Å². The van der Waals surface area contributed by atoms with Crippen molar-refractivity contribution in [3.8, 4) is 5.75 Å². The van der Waals surface area contributed by atoms with Crippen LogP contribution in [0, 0.1) is 5.92 Å². The number of para-hydroxylation sites is 3. The lowest BCUT2D eigenvalue weighted by Gasteiger charge is -2.50. The van der Waals surface area contributed by atoms with Crippen LogP contribution in [0.15, 0.2) is 48.5 Å². The second-order valence-corrected chi connectivity index (χ2v) is 8.26. The number of piperazine rings is 1. The molecular formula is C24H29N3O3. The Kier molecular flexibility index (Phi) is 5.25. The van der Waals surface area contributed by atoms with Crippen LogP contribution in [-0.2, 0) is 16.0 Å². The number of methoxy groups -OCH3 is 1. The van der Waals surface area contributed by atoms with Gasteiger partial charge in [0.1, 0.15) is 5.75 Å². The van der Waals surface area contributed by atoms with Crippen LogP contribution in [0.4, 0.5) is 11.4 Å². The predicted molar refractivity (Wildman–Crippen MR) is 117 cm³/mol. The van der Waals surface area contributed by atoms with Crippen molar-refractivity contribution < 1.29 is 14.3 Å². The highest BCUT2D eigenvalue weighted by Gasteiger charge is 2.43. The van der Waals surface area contributed by atoms with Crippen LogP contribution in [0.1, 0.15) is 5.56 Å². The van der Waals surface area contributed by atoms with Gasteiger partial charge in [0.25, 0.3) is 0 Å². The summed E-state index contributed by atoms with van der Waals surface area (Å²) < 4.78 is 11.1. The van der Waals surface area contributed by atoms with Gasteiger partial charge < -0.3 is 24.2 Å². The van der Waals surface area contributed by atoms with Gasteiger partial charge in [0, 0.05) is 38.4 Å². The number of benzene rings is 2. The summed E-state index contributed by atoms with van der Waals surface area (Å²) in [7, 11) is 1.72. The van der Waals surface area contributed by atoms with Gasteiger partial charge in [0.05, 0.1) is 38.0 Å². The van der Waals surface area contributed by atoms with Crippen LogP contribution < -0.4 is 14.5 Å². The molecule has 0 aromatic heterocycles. The van der Waals surface area contributed by atoms with Crippen LogP contribution >= 0.6 is 0 Å². The molecule has 5 rings (SSSR count). The number of hydrogen-bond acceptors (Lipinski definition) is 5. The van der Waals surface area contributed by atoms with E-state index in [-0.39, 0.29) is 17.9 Å². The molecule has 0 unspecified atom stereocenters. The maximum atomic E-state index is 13.6. The third kappa shape index (κ3) is 3.39. The number of carbonyl (C=O) groups is 1. The van der Waals surface area contributed by atoms with Crippen molar-refractivity contribution in [2.24, 2.45) is 5.92 Å². The Morgan fingerprint density at radius 3 is 2.50 bits per heavy atom. The first kappa shape index (κ1) is 19.2. The summed E-state index contributed by atoms with van der Waals surface area (Å²) in [5.74, 6) is 1.11. The molecule has 2 saturated heterocycles. The van der Waals surface area contributed by atoms with Crippen LogP contribution in [0.3, 0.4) is 0 Å². The average Bonchev–Trinajstić information content (AvgIpc) is 2.83. The van der Waals surface area contributed by atoms with Gasteiger partial charge in [-0.15, -0.1) is 0 Å². The molecule has 3 aliphatic heterocycles. The second-order valence-electron chi connectivity index (χ2n) is 8.26. The standard InChI is InChI=1S/C24H29N3O3/c1-29-23-9-5-4-8-21(23)26-10-11-27-20-7-3-2-6-18(20)16-19(22(27)17-26)24(28)25-12-14-30-15-13-25/h2-9,19,22H,10-17H2,1H3/t19-,22-/m0/s1. The Bertz CT molecular complexity index is 912. The molecule has 0 bridgehead atoms. The first-order chi connectivity index (χ1) is 14.8. The van der Waals surface area contributed by atoms with Gasteiger partial charge >= 0.3 is 0 Å². The topological polar surface area (TPSA) is 45.2 Å². The first-order valence-electron chi connectivity index (χ1n) is 10.9. The smallest absolute Gasteiger partial charge is 0.228 e. The summed E-state index contributed by atoms with van der Waals surface area (Å²) >= 11 is 0. The number of rotatable bonds is 3. The van der Waals surface area contributed by atoms with E-state index in [0.717, 1.165) is 37.5 Å². The molecular weight excluding hydrogens is 378 g/mol. The normalized spacial score (nSPS) is 23.6. The lowest BCUT2D eigenvalue weighted by atomic mass is 9.83. The Hall–Kier alpha value is -2.73. The largest absolute Gasteiger partial charge is 0.495 e. The monoisotopic (exact) mass is 407 g/mol. The maximum Gasteiger partial charge on any atom is 0.228 e. The number of ether oxygens (including phenoxy) is 2. The molecule has 6 nitrogen and oxygen atoms in total. The zero-order chi connectivity index (χ0) is 20.5. The molecule has 30 heavy (non-hydrogen) atoms. The molecule has 3 heterocycles. The van der Waals surface area contributed by atoms with Crippen molar-refractivity contribution in [3.63, 3.8) is 0 Å². The van der Waals surface area contributed by atoms with Crippen molar-refractivity contribution in [2.75, 3.05) is 62.8 Å². The van der Waals surface area contributed by atoms with Gasteiger partial charge in [-0.25, -0.2) is 0 Å². The van der Waals surface area contributed by atoms with Gasteiger partial charge in [0.15, 0.2) is 0 Å². The molecule has 1 amide bonds. The second kappa shape index (κ2) is 8.19. The van der Waals surface area contributed by atoms with E-state index in [9.17, 15) is 4.79 Å². The lowest BCUT2D eigenvalue weighted by molar-refractivity contribution is -0.140. The van der Waals surface area contributed by atoms with Gasteiger partial charge in [0.2, 0.25) is 5.91 Å². The molecule has 2 atom stereocenters. The third-order valence-electron chi connectivity index (χ3n) is 6.69. The van der Waals surface area contributed by atoms with Gasteiger partial charge in [-0.1, -0.05) is 30.3 Å². The fraction of sp³-hybridized carbons (Fsp3) is 0.458. The molecule has 6 heteroatoms. The van der Waals surface area contributed by atoms with E-state index in [4.69, 9.17) is 9.47 Å². The number of amides is 1. The van der Waals surface area contributed by atoms with Crippen LogP contribution in [-0.4, -0.2) is 69.9 Å². The quantitative estimate of drug-likeness (QED) is 0.782. The molecule has 2 fully saturated rings. The van der Waals surface area contributed by atoms with Crippen LogP contribution in [0.2, 0.25) is 0 Å². The van der Waals surface area contributed by atoms with E-state index in [1.54, 1.807) is 7.11 Å². The number of morpholine rings is 1. The lowest BCUT2D eigenvalue weighted by Crippen LogP contribution is -2.62. The van der Waals surface area contributed by atoms with Crippen molar-refractivity contribution in [1.82, 2.24) is 4.90 Å². The SMILES string of the molecule is COc1ccccc1N1CCN2c3ccccc3C[C@H](C(=O)N3CCOCC3)[C@@H]2C1. The number of nitrogens with zero attached hydrogens (tertiary/aromatic N) is 3. The maximum absolute atomic E-state index is 13.6. The van der Waals surface area contributed by atoms with Crippen molar-refractivity contribution in [3.05, 3.63) is 54.1 Å². The highest BCUT2D eigenvalue weighted by Crippen LogP contribution is 2.39. The average molecular weight is 408 g/mol. The predicted octanol–water partition coefficient (Wildman–Crippen LogP) is 2.42. The Balaban J connectivity index is 1.47. The van der Waals surface area contributed by atoms with Crippen LogP contribution in [0.5, 0.6) is 5.75 Å². The number of anilines is 2. The molecule has 158 valence electrons. The fourth-order valence-corrected chi connectivity index (χ4v) is 5.17. The summed E-state index contributed by atoms with van der Waals surface area (Å²) in [6, 6.07) is 16.9. The fourth-order valence-electron chi connectivity index (χ4n) is 5.17. The molecule has 0 radical (unpaired) electrons. The van der Waals surface area contributed by atoms with E-state index in [1.807, 2.05) is 17.0 Å².